The van der Waals surface area contributed by atoms with Crippen LogP contribution < -0.4 is 14.8 Å². The van der Waals surface area contributed by atoms with Crippen LogP contribution in [0.1, 0.15) is 31.7 Å². The lowest BCUT2D eigenvalue weighted by atomic mass is 10.2. The van der Waals surface area contributed by atoms with E-state index in [4.69, 9.17) is 14.2 Å². The van der Waals surface area contributed by atoms with E-state index in [1.807, 2.05) is 62.4 Å². The van der Waals surface area contributed by atoms with Gasteiger partial charge in [0.05, 0.1) is 6.10 Å². The maximum atomic E-state index is 12.6. The Hall–Kier alpha value is -2.53. The third-order valence-electron chi connectivity index (χ3n) is 4.61. The van der Waals surface area contributed by atoms with Crippen LogP contribution in [-0.2, 0) is 9.53 Å². The first-order valence-corrected chi connectivity index (χ1v) is 9.53. The summed E-state index contributed by atoms with van der Waals surface area (Å²) in [6.45, 7) is 5.29. The fraction of sp³-hybridized carbons (Fsp3) is 0.409. The van der Waals surface area contributed by atoms with Gasteiger partial charge in [-0.1, -0.05) is 25.1 Å². The van der Waals surface area contributed by atoms with Gasteiger partial charge in [0, 0.05) is 12.3 Å². The molecule has 5 heteroatoms. The number of anilines is 1. The third kappa shape index (κ3) is 5.47. The molecule has 2 aromatic carbocycles. The molecule has 5 nitrogen and oxygen atoms in total. The van der Waals surface area contributed by atoms with E-state index >= 15 is 0 Å². The van der Waals surface area contributed by atoms with Crippen LogP contribution in [0.4, 0.5) is 5.69 Å². The number of rotatable bonds is 8. The van der Waals surface area contributed by atoms with Crippen LogP contribution in [0.5, 0.6) is 11.5 Å². The Morgan fingerprint density at radius 3 is 2.67 bits per heavy atom. The summed E-state index contributed by atoms with van der Waals surface area (Å²) in [6.07, 6.45) is 2.38. The third-order valence-corrected chi connectivity index (χ3v) is 4.61. The summed E-state index contributed by atoms with van der Waals surface area (Å²) in [5, 5.41) is 2.91. The van der Waals surface area contributed by atoms with Gasteiger partial charge in [-0.25, -0.2) is 0 Å². The summed E-state index contributed by atoms with van der Waals surface area (Å²) in [5.41, 5.74) is 1.73. The Balaban J connectivity index is 1.53. The number of amides is 1. The van der Waals surface area contributed by atoms with Crippen molar-refractivity contribution in [2.75, 3.05) is 18.5 Å². The van der Waals surface area contributed by atoms with Gasteiger partial charge in [0.15, 0.2) is 6.10 Å². The number of carbonyl (C=O) groups is 1. The molecule has 0 aromatic heterocycles. The van der Waals surface area contributed by atoms with Crippen molar-refractivity contribution >= 4 is 11.6 Å². The van der Waals surface area contributed by atoms with Gasteiger partial charge in [0.1, 0.15) is 18.1 Å². The summed E-state index contributed by atoms with van der Waals surface area (Å²) in [6, 6.07) is 15.1. The quantitative estimate of drug-likeness (QED) is 0.752. The van der Waals surface area contributed by atoms with Crippen LogP contribution in [0, 0.1) is 6.92 Å². The van der Waals surface area contributed by atoms with Gasteiger partial charge < -0.3 is 19.5 Å². The minimum atomic E-state index is -0.540. The molecule has 2 atom stereocenters. The van der Waals surface area contributed by atoms with Gasteiger partial charge in [-0.3, -0.25) is 4.79 Å². The Labute approximate surface area is 160 Å². The molecule has 2 unspecified atom stereocenters. The standard InChI is InChI=1S/C22H27NO4/c1-3-20(27-21-9-5-4-7-16(21)2)22(24)23-17-10-12-18(13-11-17)26-15-19-8-6-14-25-19/h4-5,7,9-13,19-20H,3,6,8,14-15H2,1-2H3,(H,23,24). The molecule has 1 heterocycles. The summed E-state index contributed by atoms with van der Waals surface area (Å²) < 4.78 is 17.2. The zero-order valence-electron chi connectivity index (χ0n) is 15.9. The highest BCUT2D eigenvalue weighted by molar-refractivity contribution is 5.94. The first kappa shape index (κ1) is 19.2. The molecule has 0 bridgehead atoms. The van der Waals surface area contributed by atoms with Crippen LogP contribution in [-0.4, -0.2) is 31.3 Å². The molecular formula is C22H27NO4. The van der Waals surface area contributed by atoms with Crippen molar-refractivity contribution in [1.29, 1.82) is 0 Å². The zero-order valence-corrected chi connectivity index (χ0v) is 15.9. The molecule has 1 saturated heterocycles. The van der Waals surface area contributed by atoms with Crippen LogP contribution in [0.2, 0.25) is 0 Å². The van der Waals surface area contributed by atoms with Gasteiger partial charge in [-0.15, -0.1) is 0 Å². The smallest absolute Gasteiger partial charge is 0.265 e. The van der Waals surface area contributed by atoms with Gasteiger partial charge >= 0.3 is 0 Å². The van der Waals surface area contributed by atoms with E-state index in [0.29, 0.717) is 13.0 Å². The fourth-order valence-electron chi connectivity index (χ4n) is 2.99. The average molecular weight is 369 g/mol. The van der Waals surface area contributed by atoms with Crippen LogP contribution in [0.25, 0.3) is 0 Å². The fourth-order valence-corrected chi connectivity index (χ4v) is 2.99. The summed E-state index contributed by atoms with van der Waals surface area (Å²) >= 11 is 0. The summed E-state index contributed by atoms with van der Waals surface area (Å²) in [4.78, 5) is 12.6. The van der Waals surface area contributed by atoms with Crippen molar-refractivity contribution in [3.05, 3.63) is 54.1 Å². The van der Waals surface area contributed by atoms with E-state index in [9.17, 15) is 4.79 Å². The minimum absolute atomic E-state index is 0.159. The van der Waals surface area contributed by atoms with Gasteiger partial charge in [0.2, 0.25) is 0 Å². The van der Waals surface area contributed by atoms with E-state index in [-0.39, 0.29) is 12.0 Å². The molecule has 1 aliphatic rings. The predicted octanol–water partition coefficient (Wildman–Crippen LogP) is 4.35. The lowest BCUT2D eigenvalue weighted by Crippen LogP contribution is -2.32. The number of hydrogen-bond donors (Lipinski definition) is 1. The van der Waals surface area contributed by atoms with E-state index < -0.39 is 6.10 Å². The van der Waals surface area contributed by atoms with E-state index in [1.165, 1.54) is 0 Å². The summed E-state index contributed by atoms with van der Waals surface area (Å²) in [7, 11) is 0. The highest BCUT2D eigenvalue weighted by Crippen LogP contribution is 2.21. The van der Waals surface area contributed by atoms with Crippen molar-refractivity contribution in [3.63, 3.8) is 0 Å². The normalized spacial score (nSPS) is 17.3. The molecule has 144 valence electrons. The van der Waals surface area contributed by atoms with Crippen molar-refractivity contribution < 1.29 is 19.0 Å². The molecule has 0 radical (unpaired) electrons. The van der Waals surface area contributed by atoms with Crippen LogP contribution in [0.15, 0.2) is 48.5 Å². The molecule has 27 heavy (non-hydrogen) atoms. The molecule has 0 spiro atoms. The number of benzene rings is 2. The monoisotopic (exact) mass is 369 g/mol. The van der Waals surface area contributed by atoms with Crippen molar-refractivity contribution in [1.82, 2.24) is 0 Å². The van der Waals surface area contributed by atoms with E-state index in [0.717, 1.165) is 42.2 Å². The number of para-hydroxylation sites is 1. The zero-order chi connectivity index (χ0) is 19.1. The van der Waals surface area contributed by atoms with E-state index in [2.05, 4.69) is 5.32 Å². The molecule has 0 saturated carbocycles. The highest BCUT2D eigenvalue weighted by Gasteiger charge is 2.19. The van der Waals surface area contributed by atoms with Gasteiger partial charge in [-0.05, 0) is 62.1 Å². The second kappa shape index (κ2) is 9.42. The summed E-state index contributed by atoms with van der Waals surface area (Å²) in [5.74, 6) is 1.35. The number of hydrogen-bond acceptors (Lipinski definition) is 4. The number of ether oxygens (including phenoxy) is 3. The number of carbonyl (C=O) groups excluding carboxylic acids is 1. The van der Waals surface area contributed by atoms with Gasteiger partial charge in [-0.2, -0.15) is 0 Å². The SMILES string of the molecule is CCC(Oc1ccccc1C)C(=O)Nc1ccc(OCC2CCCO2)cc1. The molecular weight excluding hydrogens is 342 g/mol. The molecule has 1 fully saturated rings. The average Bonchev–Trinajstić information content (AvgIpc) is 3.20. The maximum absolute atomic E-state index is 12.6. The maximum Gasteiger partial charge on any atom is 0.265 e. The highest BCUT2D eigenvalue weighted by atomic mass is 16.5. The Kier molecular flexibility index (Phi) is 6.71. The number of nitrogens with one attached hydrogen (secondary N) is 1. The Morgan fingerprint density at radius 2 is 2.00 bits per heavy atom. The topological polar surface area (TPSA) is 56.8 Å². The molecule has 3 rings (SSSR count). The van der Waals surface area contributed by atoms with Crippen LogP contribution >= 0.6 is 0 Å². The molecule has 0 aliphatic carbocycles. The molecule has 2 aromatic rings. The lowest BCUT2D eigenvalue weighted by molar-refractivity contribution is -0.122. The number of aryl methyl sites for hydroxylation is 1. The van der Waals surface area contributed by atoms with Gasteiger partial charge in [0.25, 0.3) is 5.91 Å². The van der Waals surface area contributed by atoms with E-state index in [1.54, 1.807) is 0 Å². The minimum Gasteiger partial charge on any atom is -0.491 e. The Bertz CT molecular complexity index is 738. The lowest BCUT2D eigenvalue weighted by Gasteiger charge is -2.18. The molecule has 1 N–H and O–H groups in total. The molecule has 1 amide bonds. The van der Waals surface area contributed by atoms with Crippen molar-refractivity contribution in [3.8, 4) is 11.5 Å². The largest absolute Gasteiger partial charge is 0.491 e. The first-order valence-electron chi connectivity index (χ1n) is 9.53. The van der Waals surface area contributed by atoms with Crippen molar-refractivity contribution in [2.24, 2.45) is 0 Å². The second-order valence-corrected chi connectivity index (χ2v) is 6.74. The van der Waals surface area contributed by atoms with Crippen molar-refractivity contribution in [2.45, 2.75) is 45.3 Å². The molecule has 1 aliphatic heterocycles. The second-order valence-electron chi connectivity index (χ2n) is 6.74. The Morgan fingerprint density at radius 1 is 1.22 bits per heavy atom. The predicted molar refractivity (Wildman–Crippen MR) is 105 cm³/mol. The van der Waals surface area contributed by atoms with Crippen LogP contribution in [0.3, 0.4) is 0 Å². The first-order chi connectivity index (χ1) is 13.2.